The monoisotopic (exact) mass is 117 g/mol. The molecule has 8 heavy (non-hydrogen) atoms. The molecule has 0 rings (SSSR count). The molecule has 1 atom stereocenters. The lowest BCUT2D eigenvalue weighted by atomic mass is 10.1. The molecule has 2 heteroatoms. The summed E-state index contributed by atoms with van der Waals surface area (Å²) < 4.78 is 0. The van der Waals surface area contributed by atoms with Crippen molar-refractivity contribution in [1.82, 2.24) is 0 Å². The van der Waals surface area contributed by atoms with E-state index in [0.717, 1.165) is 6.42 Å². The van der Waals surface area contributed by atoms with Crippen LogP contribution in [0.2, 0.25) is 0 Å². The summed E-state index contributed by atoms with van der Waals surface area (Å²) in [5, 5.41) is 9.05. The molecule has 1 unspecified atom stereocenters. The molecule has 2 nitrogen and oxygen atoms in total. The number of hydrogen-bond acceptors (Lipinski definition) is 2. The highest BCUT2D eigenvalue weighted by Crippen LogP contribution is 2.02. The Hall–Kier alpha value is -0.0800. The Morgan fingerprint density at radius 3 is 2.12 bits per heavy atom. The third-order valence-electron chi connectivity index (χ3n) is 1.23. The van der Waals surface area contributed by atoms with Gasteiger partial charge in [0, 0.05) is 0 Å². The van der Waals surface area contributed by atoms with Crippen LogP contribution in [0.3, 0.4) is 0 Å². The second kappa shape index (κ2) is 3.87. The molecule has 0 radical (unpaired) electrons. The summed E-state index contributed by atoms with van der Waals surface area (Å²) >= 11 is 0. The largest absolute Gasteiger partial charge is 0.393 e. The van der Waals surface area contributed by atoms with Crippen LogP contribution in [0.15, 0.2) is 0 Å². The molecule has 0 saturated heterocycles. The summed E-state index contributed by atoms with van der Waals surface area (Å²) in [6.45, 7) is 4.56. The van der Waals surface area contributed by atoms with E-state index in [1.54, 1.807) is 0 Å². The fourth-order valence-electron chi connectivity index (χ4n) is 0.504. The van der Waals surface area contributed by atoms with Gasteiger partial charge < -0.3 is 10.8 Å². The van der Waals surface area contributed by atoms with Crippen LogP contribution < -0.4 is 5.73 Å². The fraction of sp³-hybridized carbons (Fsp3) is 1.00. The molecule has 0 aromatic carbocycles. The molecule has 3 N–H and O–H groups in total. The van der Waals surface area contributed by atoms with Gasteiger partial charge in [-0.15, -0.1) is 0 Å². The number of aliphatic hydroxyl groups is 1. The summed E-state index contributed by atoms with van der Waals surface area (Å²) in [5.74, 6) is 0.346. The van der Waals surface area contributed by atoms with Crippen molar-refractivity contribution < 1.29 is 5.11 Å². The maximum atomic E-state index is 9.05. The first-order chi connectivity index (χ1) is 3.68. The molecular formula is C6H15NO. The highest BCUT2D eigenvalue weighted by molar-refractivity contribution is 4.58. The van der Waals surface area contributed by atoms with Gasteiger partial charge in [0.1, 0.15) is 0 Å². The molecule has 0 spiro atoms. The van der Waals surface area contributed by atoms with Crippen LogP contribution in [-0.4, -0.2) is 17.8 Å². The SMILES string of the molecule is CC(C)C(O)CCN. The van der Waals surface area contributed by atoms with Gasteiger partial charge in [0.15, 0.2) is 0 Å². The van der Waals surface area contributed by atoms with Crippen LogP contribution in [0.4, 0.5) is 0 Å². The van der Waals surface area contributed by atoms with E-state index >= 15 is 0 Å². The topological polar surface area (TPSA) is 46.2 Å². The van der Waals surface area contributed by atoms with Crippen molar-refractivity contribution in [3.8, 4) is 0 Å². The lowest BCUT2D eigenvalue weighted by molar-refractivity contribution is 0.119. The summed E-state index contributed by atoms with van der Waals surface area (Å²) in [6.07, 6.45) is 0.512. The van der Waals surface area contributed by atoms with Crippen LogP contribution in [0.5, 0.6) is 0 Å². The van der Waals surface area contributed by atoms with Gasteiger partial charge in [-0.2, -0.15) is 0 Å². The van der Waals surface area contributed by atoms with Crippen molar-refractivity contribution in [2.75, 3.05) is 6.54 Å². The lowest BCUT2D eigenvalue weighted by Gasteiger charge is -2.11. The third kappa shape index (κ3) is 2.99. The van der Waals surface area contributed by atoms with E-state index in [-0.39, 0.29) is 6.10 Å². The van der Waals surface area contributed by atoms with Crippen molar-refractivity contribution in [1.29, 1.82) is 0 Å². The first-order valence-corrected chi connectivity index (χ1v) is 3.06. The van der Waals surface area contributed by atoms with Crippen LogP contribution in [0.25, 0.3) is 0 Å². The molecule has 0 heterocycles. The first kappa shape index (κ1) is 7.92. The summed E-state index contributed by atoms with van der Waals surface area (Å²) in [4.78, 5) is 0. The van der Waals surface area contributed by atoms with Crippen molar-refractivity contribution in [3.63, 3.8) is 0 Å². The number of rotatable bonds is 3. The van der Waals surface area contributed by atoms with Crippen LogP contribution in [-0.2, 0) is 0 Å². The van der Waals surface area contributed by atoms with E-state index < -0.39 is 0 Å². The molecule has 0 aromatic rings. The highest BCUT2D eigenvalue weighted by atomic mass is 16.3. The predicted octanol–water partition coefficient (Wildman–Crippen LogP) is 0.352. The van der Waals surface area contributed by atoms with Crippen LogP contribution >= 0.6 is 0 Å². The molecule has 0 saturated carbocycles. The van der Waals surface area contributed by atoms with Gasteiger partial charge in [0.2, 0.25) is 0 Å². The molecule has 0 bridgehead atoms. The Morgan fingerprint density at radius 1 is 1.50 bits per heavy atom. The zero-order valence-corrected chi connectivity index (χ0v) is 5.59. The average Bonchev–Trinajstić information content (AvgIpc) is 1.67. The van der Waals surface area contributed by atoms with Gasteiger partial charge in [-0.05, 0) is 18.9 Å². The summed E-state index contributed by atoms with van der Waals surface area (Å²) in [6, 6.07) is 0. The maximum Gasteiger partial charge on any atom is 0.0575 e. The summed E-state index contributed by atoms with van der Waals surface area (Å²) in [5.41, 5.74) is 5.21. The standard InChI is InChI=1S/C6H15NO/c1-5(2)6(8)3-4-7/h5-6,8H,3-4,7H2,1-2H3. The number of nitrogens with two attached hydrogens (primary N) is 1. The number of aliphatic hydroxyl groups excluding tert-OH is 1. The Labute approximate surface area is 50.7 Å². The third-order valence-corrected chi connectivity index (χ3v) is 1.23. The Balaban J connectivity index is 3.17. The molecule has 0 fully saturated rings. The fourth-order valence-corrected chi connectivity index (χ4v) is 0.504. The van der Waals surface area contributed by atoms with Crippen molar-refractivity contribution in [3.05, 3.63) is 0 Å². The molecule has 0 amide bonds. The van der Waals surface area contributed by atoms with E-state index in [2.05, 4.69) is 0 Å². The van der Waals surface area contributed by atoms with E-state index in [4.69, 9.17) is 10.8 Å². The quantitative estimate of drug-likeness (QED) is 0.560. The molecule has 0 aromatic heterocycles. The van der Waals surface area contributed by atoms with Crippen LogP contribution in [0.1, 0.15) is 20.3 Å². The first-order valence-electron chi connectivity index (χ1n) is 3.06. The van der Waals surface area contributed by atoms with Gasteiger partial charge in [0.25, 0.3) is 0 Å². The number of hydrogen-bond donors (Lipinski definition) is 2. The normalized spacial score (nSPS) is 14.6. The lowest BCUT2D eigenvalue weighted by Crippen LogP contribution is -2.18. The molecule has 0 aliphatic carbocycles. The van der Waals surface area contributed by atoms with Crippen LogP contribution in [0, 0.1) is 5.92 Å². The zero-order chi connectivity index (χ0) is 6.57. The van der Waals surface area contributed by atoms with E-state index in [9.17, 15) is 0 Å². The maximum absolute atomic E-state index is 9.05. The average molecular weight is 117 g/mol. The Kier molecular flexibility index (Phi) is 3.83. The minimum Gasteiger partial charge on any atom is -0.393 e. The van der Waals surface area contributed by atoms with Gasteiger partial charge in [-0.25, -0.2) is 0 Å². The van der Waals surface area contributed by atoms with E-state index in [1.807, 2.05) is 13.8 Å². The van der Waals surface area contributed by atoms with Gasteiger partial charge in [0.05, 0.1) is 6.10 Å². The zero-order valence-electron chi connectivity index (χ0n) is 5.59. The molecule has 0 aliphatic heterocycles. The second-order valence-electron chi connectivity index (χ2n) is 2.39. The van der Waals surface area contributed by atoms with Gasteiger partial charge in [-0.1, -0.05) is 13.8 Å². The highest BCUT2D eigenvalue weighted by Gasteiger charge is 2.05. The Bertz CT molecular complexity index is 54.5. The van der Waals surface area contributed by atoms with Crippen molar-refractivity contribution in [2.24, 2.45) is 11.7 Å². The summed E-state index contributed by atoms with van der Waals surface area (Å²) in [7, 11) is 0. The van der Waals surface area contributed by atoms with Crippen molar-refractivity contribution in [2.45, 2.75) is 26.4 Å². The molecular weight excluding hydrogens is 102 g/mol. The van der Waals surface area contributed by atoms with E-state index in [1.165, 1.54) is 0 Å². The van der Waals surface area contributed by atoms with Gasteiger partial charge >= 0.3 is 0 Å². The van der Waals surface area contributed by atoms with Gasteiger partial charge in [-0.3, -0.25) is 0 Å². The minimum absolute atomic E-state index is 0.208. The molecule has 0 aliphatic rings. The Morgan fingerprint density at radius 2 is 2.00 bits per heavy atom. The molecule has 50 valence electrons. The second-order valence-corrected chi connectivity index (χ2v) is 2.39. The smallest absolute Gasteiger partial charge is 0.0575 e. The van der Waals surface area contributed by atoms with E-state index in [0.29, 0.717) is 12.5 Å². The van der Waals surface area contributed by atoms with Crippen molar-refractivity contribution >= 4 is 0 Å². The predicted molar refractivity (Wildman–Crippen MR) is 34.5 cm³/mol. The minimum atomic E-state index is -0.208.